The van der Waals surface area contributed by atoms with Crippen molar-refractivity contribution in [1.29, 1.82) is 0 Å². The first-order valence-electron chi connectivity index (χ1n) is 6.13. The molecule has 2 rings (SSSR count). The average Bonchev–Trinajstić information content (AvgIpc) is 2.56. The molecular weight excluding hydrogens is 214 g/mol. The van der Waals surface area contributed by atoms with E-state index in [1.807, 2.05) is 18.2 Å². The highest BCUT2D eigenvalue weighted by molar-refractivity contribution is 5.94. The van der Waals surface area contributed by atoms with Gasteiger partial charge in [-0.05, 0) is 31.4 Å². The van der Waals surface area contributed by atoms with Gasteiger partial charge in [0, 0.05) is 24.4 Å². The molecule has 1 aliphatic rings. The van der Waals surface area contributed by atoms with Crippen molar-refractivity contribution >= 4 is 11.7 Å². The molecule has 0 bridgehead atoms. The van der Waals surface area contributed by atoms with Crippen LogP contribution >= 0.6 is 0 Å². The predicted molar refractivity (Wildman–Crippen MR) is 65.8 cm³/mol. The van der Waals surface area contributed by atoms with Gasteiger partial charge in [-0.15, -0.1) is 0 Å². The van der Waals surface area contributed by atoms with Gasteiger partial charge < -0.3 is 5.32 Å². The number of amides is 1. The van der Waals surface area contributed by atoms with E-state index >= 15 is 0 Å². The highest BCUT2D eigenvalue weighted by Crippen LogP contribution is 2.15. The minimum atomic E-state index is -0.0371. The van der Waals surface area contributed by atoms with Crippen molar-refractivity contribution in [3.05, 3.63) is 35.9 Å². The van der Waals surface area contributed by atoms with Crippen LogP contribution in [-0.2, 0) is 4.79 Å². The van der Waals surface area contributed by atoms with E-state index in [2.05, 4.69) is 5.32 Å². The SMILES string of the molecule is O=C1CCC[C@H](NC(=O)c2ccccc2)CC1. The maximum atomic E-state index is 11.9. The number of rotatable bonds is 2. The van der Waals surface area contributed by atoms with E-state index in [0.717, 1.165) is 19.3 Å². The zero-order chi connectivity index (χ0) is 12.1. The summed E-state index contributed by atoms with van der Waals surface area (Å²) in [6.45, 7) is 0. The molecular formula is C14H17NO2. The molecule has 0 spiro atoms. The molecule has 0 radical (unpaired) electrons. The van der Waals surface area contributed by atoms with Gasteiger partial charge in [-0.1, -0.05) is 18.2 Å². The van der Waals surface area contributed by atoms with Crippen molar-refractivity contribution in [2.45, 2.75) is 38.1 Å². The number of ketones is 1. The monoisotopic (exact) mass is 231 g/mol. The van der Waals surface area contributed by atoms with Gasteiger partial charge in [-0.25, -0.2) is 0 Å². The molecule has 0 saturated heterocycles. The molecule has 0 heterocycles. The number of hydrogen-bond donors (Lipinski definition) is 1. The summed E-state index contributed by atoms with van der Waals surface area (Å²) in [7, 11) is 0. The molecule has 1 aromatic rings. The van der Waals surface area contributed by atoms with Gasteiger partial charge >= 0.3 is 0 Å². The van der Waals surface area contributed by atoms with Gasteiger partial charge in [0.2, 0.25) is 0 Å². The molecule has 1 aromatic carbocycles. The minimum absolute atomic E-state index is 0.0371. The Balaban J connectivity index is 1.92. The first-order valence-corrected chi connectivity index (χ1v) is 6.13. The zero-order valence-corrected chi connectivity index (χ0v) is 9.82. The molecule has 0 aromatic heterocycles. The lowest BCUT2D eigenvalue weighted by Gasteiger charge is -2.15. The van der Waals surface area contributed by atoms with Gasteiger partial charge in [0.05, 0.1) is 0 Å². The lowest BCUT2D eigenvalue weighted by Crippen LogP contribution is -2.34. The molecule has 90 valence electrons. The summed E-state index contributed by atoms with van der Waals surface area (Å²) >= 11 is 0. The van der Waals surface area contributed by atoms with Crippen LogP contribution in [0.2, 0.25) is 0 Å². The molecule has 1 fully saturated rings. The van der Waals surface area contributed by atoms with Crippen molar-refractivity contribution < 1.29 is 9.59 Å². The van der Waals surface area contributed by atoms with E-state index in [4.69, 9.17) is 0 Å². The smallest absolute Gasteiger partial charge is 0.251 e. The van der Waals surface area contributed by atoms with Crippen molar-refractivity contribution in [3.8, 4) is 0 Å². The predicted octanol–water partition coefficient (Wildman–Crippen LogP) is 2.32. The molecule has 1 saturated carbocycles. The molecule has 1 aliphatic carbocycles. The fourth-order valence-corrected chi connectivity index (χ4v) is 2.15. The largest absolute Gasteiger partial charge is 0.349 e. The van der Waals surface area contributed by atoms with E-state index in [-0.39, 0.29) is 11.9 Å². The van der Waals surface area contributed by atoms with Crippen molar-refractivity contribution in [1.82, 2.24) is 5.32 Å². The Morgan fingerprint density at radius 3 is 2.65 bits per heavy atom. The van der Waals surface area contributed by atoms with Crippen LogP contribution in [0.4, 0.5) is 0 Å². The summed E-state index contributed by atoms with van der Waals surface area (Å²) in [5.41, 5.74) is 0.683. The van der Waals surface area contributed by atoms with Crippen LogP contribution in [0.25, 0.3) is 0 Å². The van der Waals surface area contributed by atoms with E-state index < -0.39 is 0 Å². The molecule has 3 heteroatoms. The average molecular weight is 231 g/mol. The molecule has 17 heavy (non-hydrogen) atoms. The quantitative estimate of drug-likeness (QED) is 0.794. The fourth-order valence-electron chi connectivity index (χ4n) is 2.15. The lowest BCUT2D eigenvalue weighted by atomic mass is 10.1. The molecule has 3 nitrogen and oxygen atoms in total. The van der Waals surface area contributed by atoms with E-state index in [1.54, 1.807) is 12.1 Å². The summed E-state index contributed by atoms with van der Waals surface area (Å²) in [6, 6.07) is 9.35. The van der Waals surface area contributed by atoms with Crippen LogP contribution < -0.4 is 5.32 Å². The van der Waals surface area contributed by atoms with Crippen LogP contribution in [0.3, 0.4) is 0 Å². The molecule has 1 atom stereocenters. The number of carbonyl (C=O) groups is 2. The third-order valence-corrected chi connectivity index (χ3v) is 3.15. The van der Waals surface area contributed by atoms with Crippen LogP contribution in [0.1, 0.15) is 42.5 Å². The maximum Gasteiger partial charge on any atom is 0.251 e. The minimum Gasteiger partial charge on any atom is -0.349 e. The summed E-state index contributed by atoms with van der Waals surface area (Å²) in [5.74, 6) is 0.284. The van der Waals surface area contributed by atoms with Crippen LogP contribution in [0.5, 0.6) is 0 Å². The van der Waals surface area contributed by atoms with Crippen LogP contribution in [0, 0.1) is 0 Å². The van der Waals surface area contributed by atoms with E-state index in [1.165, 1.54) is 0 Å². The van der Waals surface area contributed by atoms with Crippen molar-refractivity contribution in [2.75, 3.05) is 0 Å². The highest BCUT2D eigenvalue weighted by Gasteiger charge is 2.18. The highest BCUT2D eigenvalue weighted by atomic mass is 16.1. The Labute approximate surface area is 101 Å². The Hall–Kier alpha value is -1.64. The number of hydrogen-bond acceptors (Lipinski definition) is 2. The topological polar surface area (TPSA) is 46.2 Å². The third kappa shape index (κ3) is 3.41. The maximum absolute atomic E-state index is 11.9. The Bertz CT molecular complexity index is 400. The van der Waals surface area contributed by atoms with Crippen molar-refractivity contribution in [3.63, 3.8) is 0 Å². The van der Waals surface area contributed by atoms with Gasteiger partial charge in [0.1, 0.15) is 5.78 Å². The molecule has 1 amide bonds. The second-order valence-corrected chi connectivity index (χ2v) is 4.51. The standard InChI is InChI=1S/C14H17NO2/c16-13-8-4-7-12(9-10-13)15-14(17)11-5-2-1-3-6-11/h1-3,5-6,12H,4,7-10H2,(H,15,17)/t12-/m0/s1. The normalized spacial score (nSPS) is 20.7. The zero-order valence-electron chi connectivity index (χ0n) is 9.82. The van der Waals surface area contributed by atoms with E-state index in [0.29, 0.717) is 24.2 Å². The summed E-state index contributed by atoms with van der Waals surface area (Å²) in [5, 5.41) is 3.00. The Kier molecular flexibility index (Phi) is 3.91. The van der Waals surface area contributed by atoms with Crippen molar-refractivity contribution in [2.24, 2.45) is 0 Å². The second-order valence-electron chi connectivity index (χ2n) is 4.51. The lowest BCUT2D eigenvalue weighted by molar-refractivity contribution is -0.118. The Morgan fingerprint density at radius 2 is 1.88 bits per heavy atom. The molecule has 0 aliphatic heterocycles. The number of benzene rings is 1. The summed E-state index contributed by atoms with van der Waals surface area (Å²) in [6.07, 6.45) is 3.83. The number of Topliss-reactive ketones (excluding diaryl/α,β-unsaturated/α-hetero) is 1. The first kappa shape index (κ1) is 11.8. The Morgan fingerprint density at radius 1 is 1.12 bits per heavy atom. The van der Waals surface area contributed by atoms with E-state index in [9.17, 15) is 9.59 Å². The fraction of sp³-hybridized carbons (Fsp3) is 0.429. The number of carbonyl (C=O) groups excluding carboxylic acids is 2. The number of nitrogens with one attached hydrogen (secondary N) is 1. The van der Waals surface area contributed by atoms with Gasteiger partial charge in [-0.3, -0.25) is 9.59 Å². The summed E-state index contributed by atoms with van der Waals surface area (Å²) in [4.78, 5) is 23.2. The van der Waals surface area contributed by atoms with Gasteiger partial charge in [-0.2, -0.15) is 0 Å². The van der Waals surface area contributed by atoms with Crippen LogP contribution in [-0.4, -0.2) is 17.7 Å². The van der Waals surface area contributed by atoms with Gasteiger partial charge in [0.15, 0.2) is 0 Å². The summed E-state index contributed by atoms with van der Waals surface area (Å²) < 4.78 is 0. The molecule has 1 N–H and O–H groups in total. The first-order chi connectivity index (χ1) is 8.25. The van der Waals surface area contributed by atoms with Gasteiger partial charge in [0.25, 0.3) is 5.91 Å². The second kappa shape index (κ2) is 5.62. The third-order valence-electron chi connectivity index (χ3n) is 3.15. The molecule has 0 unspecified atom stereocenters. The van der Waals surface area contributed by atoms with Crippen LogP contribution in [0.15, 0.2) is 30.3 Å².